The summed E-state index contributed by atoms with van der Waals surface area (Å²) in [5.41, 5.74) is 1.74. The SMILES string of the molecule is Cc1cc(C(F)(F)F)ccc1Oc1ccc2c(c1)CC[C@H]2c1sc(=O)[nH]c1O. The number of fused-ring (bicyclic) bond motifs is 1. The van der Waals surface area contributed by atoms with Crippen molar-refractivity contribution in [1.29, 1.82) is 0 Å². The lowest BCUT2D eigenvalue weighted by atomic mass is 10.00. The quantitative estimate of drug-likeness (QED) is 0.616. The molecule has 2 N–H and O–H groups in total. The summed E-state index contributed by atoms with van der Waals surface area (Å²) in [5, 5.41) is 9.93. The lowest BCUT2D eigenvalue weighted by Crippen LogP contribution is -2.05. The molecule has 1 heterocycles. The fourth-order valence-electron chi connectivity index (χ4n) is 3.57. The van der Waals surface area contributed by atoms with Crippen molar-refractivity contribution < 1.29 is 23.0 Å². The van der Waals surface area contributed by atoms with Crippen LogP contribution in [0.2, 0.25) is 0 Å². The van der Waals surface area contributed by atoms with Crippen LogP contribution in [-0.2, 0) is 12.6 Å². The number of hydrogen-bond donors (Lipinski definition) is 2. The Hall–Kier alpha value is -2.74. The monoisotopic (exact) mass is 407 g/mol. The van der Waals surface area contributed by atoms with Gasteiger partial charge in [-0.25, -0.2) is 0 Å². The van der Waals surface area contributed by atoms with Crippen molar-refractivity contribution in [3.63, 3.8) is 0 Å². The maximum atomic E-state index is 12.8. The van der Waals surface area contributed by atoms with Crippen LogP contribution in [0.1, 0.15) is 39.5 Å². The highest BCUT2D eigenvalue weighted by atomic mass is 32.1. The molecular weight excluding hydrogens is 391 g/mol. The first kappa shape index (κ1) is 18.6. The van der Waals surface area contributed by atoms with Crippen molar-refractivity contribution in [3.8, 4) is 17.4 Å². The van der Waals surface area contributed by atoms with Gasteiger partial charge in [-0.15, -0.1) is 0 Å². The summed E-state index contributed by atoms with van der Waals surface area (Å²) in [6.07, 6.45) is -2.87. The standard InChI is InChI=1S/C20H16F3NO3S/c1-10-8-12(20(21,22)23)3-7-16(10)27-13-4-6-14-11(9-13)2-5-15(14)17-18(25)24-19(26)28-17/h3-4,6-9,15,25H,2,5H2,1H3,(H,24,26)/t15-/m1/s1. The van der Waals surface area contributed by atoms with Gasteiger partial charge in [0.05, 0.1) is 10.4 Å². The summed E-state index contributed by atoms with van der Waals surface area (Å²) < 4.78 is 44.2. The molecule has 8 heteroatoms. The van der Waals surface area contributed by atoms with E-state index in [0.29, 0.717) is 21.9 Å². The molecule has 0 spiro atoms. The first-order valence-electron chi connectivity index (χ1n) is 8.63. The highest BCUT2D eigenvalue weighted by molar-refractivity contribution is 7.09. The number of aryl methyl sites for hydroxylation is 2. The van der Waals surface area contributed by atoms with E-state index in [1.165, 1.54) is 6.07 Å². The Bertz CT molecular complexity index is 1100. The number of aromatic hydroxyl groups is 1. The Labute approximate surface area is 162 Å². The van der Waals surface area contributed by atoms with Gasteiger partial charge in [0.1, 0.15) is 11.5 Å². The third-order valence-electron chi connectivity index (χ3n) is 4.90. The Morgan fingerprint density at radius 2 is 2.00 bits per heavy atom. The van der Waals surface area contributed by atoms with E-state index in [1.54, 1.807) is 13.0 Å². The zero-order chi connectivity index (χ0) is 20.1. The summed E-state index contributed by atoms with van der Waals surface area (Å²) in [6.45, 7) is 1.57. The fraction of sp³-hybridized carbons (Fsp3) is 0.250. The van der Waals surface area contributed by atoms with Crippen LogP contribution in [0.25, 0.3) is 0 Å². The minimum absolute atomic E-state index is 0.0548. The average Bonchev–Trinajstić information content (AvgIpc) is 3.17. The number of rotatable bonds is 3. The van der Waals surface area contributed by atoms with Gasteiger partial charge in [-0.3, -0.25) is 9.78 Å². The predicted octanol–water partition coefficient (Wildman–Crippen LogP) is 5.34. The molecule has 1 atom stereocenters. The van der Waals surface area contributed by atoms with E-state index in [-0.39, 0.29) is 16.7 Å². The largest absolute Gasteiger partial charge is 0.494 e. The Morgan fingerprint density at radius 3 is 2.64 bits per heavy atom. The van der Waals surface area contributed by atoms with Crippen molar-refractivity contribution in [1.82, 2.24) is 4.98 Å². The van der Waals surface area contributed by atoms with E-state index in [9.17, 15) is 23.1 Å². The van der Waals surface area contributed by atoms with E-state index in [0.717, 1.165) is 47.4 Å². The molecule has 1 aromatic heterocycles. The molecule has 0 aliphatic heterocycles. The van der Waals surface area contributed by atoms with Gasteiger partial charge in [-0.05, 0) is 66.8 Å². The molecule has 0 radical (unpaired) electrons. The Morgan fingerprint density at radius 1 is 1.21 bits per heavy atom. The number of halogens is 3. The molecule has 28 heavy (non-hydrogen) atoms. The smallest absolute Gasteiger partial charge is 0.416 e. The third kappa shape index (κ3) is 3.40. The van der Waals surface area contributed by atoms with Gasteiger partial charge in [-0.2, -0.15) is 13.2 Å². The lowest BCUT2D eigenvalue weighted by Gasteiger charge is -2.14. The van der Waals surface area contributed by atoms with Gasteiger partial charge < -0.3 is 9.84 Å². The van der Waals surface area contributed by atoms with Crippen molar-refractivity contribution in [2.45, 2.75) is 31.9 Å². The minimum Gasteiger partial charge on any atom is -0.494 e. The van der Waals surface area contributed by atoms with E-state index in [1.807, 2.05) is 12.1 Å². The second-order valence-electron chi connectivity index (χ2n) is 6.76. The van der Waals surface area contributed by atoms with E-state index < -0.39 is 11.7 Å². The molecule has 0 amide bonds. The third-order valence-corrected chi connectivity index (χ3v) is 5.88. The molecule has 0 saturated heterocycles. The van der Waals surface area contributed by atoms with E-state index >= 15 is 0 Å². The predicted molar refractivity (Wildman–Crippen MR) is 99.5 cm³/mol. The highest BCUT2D eigenvalue weighted by Crippen LogP contribution is 2.43. The van der Waals surface area contributed by atoms with Crippen LogP contribution in [0.4, 0.5) is 13.2 Å². The maximum Gasteiger partial charge on any atom is 0.416 e. The first-order chi connectivity index (χ1) is 13.2. The fourth-order valence-corrected chi connectivity index (χ4v) is 4.45. The van der Waals surface area contributed by atoms with Gasteiger partial charge in [0, 0.05) is 5.92 Å². The molecule has 0 saturated carbocycles. The number of aromatic nitrogens is 1. The van der Waals surface area contributed by atoms with E-state index in [4.69, 9.17) is 4.74 Å². The van der Waals surface area contributed by atoms with Crippen LogP contribution in [0.15, 0.2) is 41.2 Å². The number of hydrogen-bond acceptors (Lipinski definition) is 4. The van der Waals surface area contributed by atoms with Crippen LogP contribution in [0, 0.1) is 6.92 Å². The van der Waals surface area contributed by atoms with Gasteiger partial charge in [-0.1, -0.05) is 17.4 Å². The first-order valence-corrected chi connectivity index (χ1v) is 9.44. The molecule has 2 aromatic carbocycles. The Balaban J connectivity index is 1.59. The highest BCUT2D eigenvalue weighted by Gasteiger charge is 2.31. The molecule has 1 aliphatic rings. The van der Waals surface area contributed by atoms with Gasteiger partial charge in [0.15, 0.2) is 0 Å². The number of aromatic amines is 1. The number of thiazole rings is 1. The maximum absolute atomic E-state index is 12.8. The summed E-state index contributed by atoms with van der Waals surface area (Å²) in [6, 6.07) is 8.88. The second-order valence-corrected chi connectivity index (χ2v) is 7.77. The lowest BCUT2D eigenvalue weighted by molar-refractivity contribution is -0.137. The number of ether oxygens (including phenoxy) is 1. The normalized spacial score (nSPS) is 16.2. The number of alkyl halides is 3. The summed E-state index contributed by atoms with van der Waals surface area (Å²) >= 11 is 1.00. The van der Waals surface area contributed by atoms with Crippen molar-refractivity contribution in [3.05, 3.63) is 73.2 Å². The number of H-pyrrole nitrogens is 1. The summed E-state index contributed by atoms with van der Waals surface area (Å²) in [4.78, 5) is 14.2. The van der Waals surface area contributed by atoms with Crippen LogP contribution < -0.4 is 9.61 Å². The topological polar surface area (TPSA) is 62.3 Å². The van der Waals surface area contributed by atoms with Crippen LogP contribution >= 0.6 is 11.3 Å². The summed E-state index contributed by atoms with van der Waals surface area (Å²) in [5.74, 6) is 0.757. The molecule has 0 fully saturated rings. The number of benzene rings is 2. The van der Waals surface area contributed by atoms with Crippen molar-refractivity contribution in [2.75, 3.05) is 0 Å². The zero-order valence-electron chi connectivity index (χ0n) is 14.8. The van der Waals surface area contributed by atoms with Crippen molar-refractivity contribution >= 4 is 11.3 Å². The van der Waals surface area contributed by atoms with E-state index in [2.05, 4.69) is 4.98 Å². The molecule has 0 bridgehead atoms. The molecule has 0 unspecified atom stereocenters. The van der Waals surface area contributed by atoms with Crippen LogP contribution in [-0.4, -0.2) is 10.1 Å². The zero-order valence-corrected chi connectivity index (χ0v) is 15.6. The number of nitrogens with one attached hydrogen (secondary N) is 1. The minimum atomic E-state index is -4.39. The summed E-state index contributed by atoms with van der Waals surface area (Å²) in [7, 11) is 0. The second kappa shape index (κ2) is 6.70. The van der Waals surface area contributed by atoms with Gasteiger partial charge in [0.25, 0.3) is 0 Å². The van der Waals surface area contributed by atoms with Gasteiger partial charge in [0.2, 0.25) is 5.88 Å². The molecule has 3 aromatic rings. The Kier molecular flexibility index (Phi) is 4.45. The molecular formula is C20H16F3NO3S. The molecule has 146 valence electrons. The molecule has 1 aliphatic carbocycles. The molecule has 4 rings (SSSR count). The average molecular weight is 407 g/mol. The van der Waals surface area contributed by atoms with Crippen molar-refractivity contribution in [2.24, 2.45) is 0 Å². The molecule has 4 nitrogen and oxygen atoms in total. The van der Waals surface area contributed by atoms with Gasteiger partial charge >= 0.3 is 11.0 Å². The van der Waals surface area contributed by atoms with Crippen LogP contribution in [0.3, 0.4) is 0 Å². The van der Waals surface area contributed by atoms with Crippen LogP contribution in [0.5, 0.6) is 17.4 Å².